The highest BCUT2D eigenvalue weighted by Crippen LogP contribution is 2.27. The summed E-state index contributed by atoms with van der Waals surface area (Å²) >= 11 is 3.12. The summed E-state index contributed by atoms with van der Waals surface area (Å²) in [6.07, 6.45) is 10.1. The maximum Gasteiger partial charge on any atom is 0.218 e. The zero-order chi connectivity index (χ0) is 42.1. The number of primary amides is 2. The molecule has 0 aromatic carbocycles. The molecule has 6 rings (SSSR count). The molecule has 60 heavy (non-hydrogen) atoms. The highest BCUT2D eigenvalue weighted by molar-refractivity contribution is 7.13. The number of amides is 2. The highest BCUT2D eigenvalue weighted by Gasteiger charge is 2.18. The summed E-state index contributed by atoms with van der Waals surface area (Å²) in [5.74, 6) is 0.930. The molecule has 2 aliphatic rings. The van der Waals surface area contributed by atoms with E-state index in [0.717, 1.165) is 133 Å². The summed E-state index contributed by atoms with van der Waals surface area (Å²) in [5.41, 5.74) is 11.1. The van der Waals surface area contributed by atoms with Gasteiger partial charge < -0.3 is 45.3 Å². The Bertz CT molecular complexity index is 1810. The number of aromatic nitrogens is 2. The van der Waals surface area contributed by atoms with E-state index >= 15 is 0 Å². The van der Waals surface area contributed by atoms with Crippen LogP contribution in [-0.2, 0) is 14.4 Å². The molecule has 0 atom stereocenters. The van der Waals surface area contributed by atoms with E-state index in [-0.39, 0.29) is 31.8 Å². The number of carbonyl (C=O) groups is 5. The maximum absolute atomic E-state index is 12.3. The molecule has 0 unspecified atom stereocenters. The van der Waals surface area contributed by atoms with Crippen molar-refractivity contribution in [2.75, 3.05) is 72.0 Å². The van der Waals surface area contributed by atoms with Gasteiger partial charge in [-0.1, -0.05) is 41.7 Å². The minimum Gasteiger partial charge on any atom is -0.370 e. The molecule has 18 heteroatoms. The van der Waals surface area contributed by atoms with Crippen molar-refractivity contribution in [3.05, 3.63) is 58.5 Å². The first-order valence-corrected chi connectivity index (χ1v) is 22.4. The SMILES string of the molecule is NC(=O)CCN1CCN(CCCCCCC(=O)c2cc(-c3cccs3)on2)CC1.NC(=O)CCN1CCNCC1.O=CCCCCCC(=O)c1cc(-c2cccs2)on1.[B]. The number of aldehydes is 1. The lowest BCUT2D eigenvalue weighted by molar-refractivity contribution is -0.119. The molecular formula is C42H60BN8O7S2. The number of rotatable bonds is 23. The number of nitrogens with one attached hydrogen (secondary N) is 1. The fourth-order valence-corrected chi connectivity index (χ4v) is 7.86. The Balaban J connectivity index is 0.000000265. The number of thiophene rings is 2. The van der Waals surface area contributed by atoms with Crippen LogP contribution in [0.1, 0.15) is 98.0 Å². The van der Waals surface area contributed by atoms with Crippen LogP contribution in [-0.4, -0.2) is 135 Å². The summed E-state index contributed by atoms with van der Waals surface area (Å²) < 4.78 is 10.5. The van der Waals surface area contributed by atoms with E-state index < -0.39 is 0 Å². The van der Waals surface area contributed by atoms with Gasteiger partial charge in [-0.05, 0) is 55.1 Å². The second kappa shape index (κ2) is 29.0. The topological polar surface area (TPSA) is 211 Å². The smallest absolute Gasteiger partial charge is 0.218 e. The predicted molar refractivity (Wildman–Crippen MR) is 236 cm³/mol. The van der Waals surface area contributed by atoms with E-state index in [2.05, 4.69) is 30.3 Å². The average molecular weight is 864 g/mol. The van der Waals surface area contributed by atoms with Crippen LogP contribution in [0.5, 0.6) is 0 Å². The molecule has 3 radical (unpaired) electrons. The van der Waals surface area contributed by atoms with Crippen molar-refractivity contribution in [3.8, 4) is 21.3 Å². The van der Waals surface area contributed by atoms with Gasteiger partial charge in [-0.15, -0.1) is 22.7 Å². The largest absolute Gasteiger partial charge is 0.370 e. The average Bonchev–Trinajstić information content (AvgIpc) is 4.10. The predicted octanol–water partition coefficient (Wildman–Crippen LogP) is 5.15. The fourth-order valence-electron chi connectivity index (χ4n) is 6.51. The van der Waals surface area contributed by atoms with E-state index in [0.29, 0.717) is 55.0 Å². The highest BCUT2D eigenvalue weighted by atomic mass is 32.1. The normalized spacial score (nSPS) is 14.5. The molecule has 0 saturated carbocycles. The van der Waals surface area contributed by atoms with Crippen molar-refractivity contribution < 1.29 is 33.0 Å². The summed E-state index contributed by atoms with van der Waals surface area (Å²) in [5, 5.41) is 14.9. The van der Waals surface area contributed by atoms with Gasteiger partial charge in [0, 0.05) is 118 Å². The molecule has 2 fully saturated rings. The third-order valence-electron chi connectivity index (χ3n) is 10.00. The third-order valence-corrected chi connectivity index (χ3v) is 11.8. The van der Waals surface area contributed by atoms with Gasteiger partial charge in [0.1, 0.15) is 17.7 Å². The number of ketones is 2. The molecule has 0 bridgehead atoms. The molecule has 6 heterocycles. The van der Waals surface area contributed by atoms with Gasteiger partial charge >= 0.3 is 0 Å². The number of piperazine rings is 2. The summed E-state index contributed by atoms with van der Waals surface area (Å²) in [6.45, 7) is 10.9. The molecule has 325 valence electrons. The maximum atomic E-state index is 12.3. The lowest BCUT2D eigenvalue weighted by Gasteiger charge is -2.34. The van der Waals surface area contributed by atoms with E-state index in [4.69, 9.17) is 20.5 Å². The van der Waals surface area contributed by atoms with Crippen LogP contribution in [0, 0.1) is 0 Å². The Morgan fingerprint density at radius 3 is 1.53 bits per heavy atom. The van der Waals surface area contributed by atoms with Gasteiger partial charge in [0.15, 0.2) is 23.1 Å². The molecule has 4 aromatic rings. The first kappa shape index (κ1) is 50.0. The first-order chi connectivity index (χ1) is 28.7. The summed E-state index contributed by atoms with van der Waals surface area (Å²) in [4.78, 5) is 64.6. The summed E-state index contributed by atoms with van der Waals surface area (Å²) in [7, 11) is 0. The molecule has 15 nitrogen and oxygen atoms in total. The summed E-state index contributed by atoms with van der Waals surface area (Å²) in [6, 6.07) is 11.2. The van der Waals surface area contributed by atoms with Crippen LogP contribution < -0.4 is 16.8 Å². The van der Waals surface area contributed by atoms with E-state index in [9.17, 15) is 24.0 Å². The number of hydrogen-bond acceptors (Lipinski definition) is 15. The van der Waals surface area contributed by atoms with Crippen LogP contribution >= 0.6 is 22.7 Å². The van der Waals surface area contributed by atoms with Crippen LogP contribution in [0.25, 0.3) is 21.3 Å². The Hall–Kier alpha value is -4.33. The van der Waals surface area contributed by atoms with Gasteiger partial charge in [-0.2, -0.15) is 0 Å². The van der Waals surface area contributed by atoms with Crippen LogP contribution in [0.2, 0.25) is 0 Å². The third kappa shape index (κ3) is 19.4. The molecule has 0 spiro atoms. The van der Waals surface area contributed by atoms with E-state index in [1.54, 1.807) is 34.8 Å². The van der Waals surface area contributed by atoms with Gasteiger partial charge in [-0.25, -0.2) is 0 Å². The molecule has 2 amide bonds. The number of nitrogens with two attached hydrogens (primary N) is 2. The van der Waals surface area contributed by atoms with Crippen molar-refractivity contribution >= 4 is 60.8 Å². The lowest BCUT2D eigenvalue weighted by atomic mass is 10.1. The standard InChI is InChI=1S/C21H30N4O3S.C14H15NO3S.C7H15N3O.B/c22-21(27)8-10-25-13-11-24(12-14-25)9-4-2-1-3-6-18(26)17-16-19(28-23-17)20-7-5-15-29-20;16-8-4-2-1-3-6-12(17)11-10-13(18-15-11)14-7-5-9-19-14;8-7(11)1-4-10-5-2-9-3-6-10;/h5,7,15-16H,1-4,6,8-14H2,(H2,22,27);5,7-10H,1-4,6H2;9H,1-6H2,(H2,8,11);. The quantitative estimate of drug-likeness (QED) is 0.0382. The molecule has 4 aromatic heterocycles. The van der Waals surface area contributed by atoms with E-state index in [1.165, 1.54) is 0 Å². The van der Waals surface area contributed by atoms with Crippen molar-refractivity contribution in [1.82, 2.24) is 30.3 Å². The minimum atomic E-state index is -0.225. The van der Waals surface area contributed by atoms with Crippen LogP contribution in [0.15, 0.2) is 56.2 Å². The van der Waals surface area contributed by atoms with E-state index in [1.807, 2.05) is 35.0 Å². The van der Waals surface area contributed by atoms with Gasteiger partial charge in [0.25, 0.3) is 0 Å². The lowest BCUT2D eigenvalue weighted by Crippen LogP contribution is -2.47. The second-order valence-electron chi connectivity index (χ2n) is 14.6. The van der Waals surface area contributed by atoms with Crippen molar-refractivity contribution in [3.63, 3.8) is 0 Å². The molecule has 2 saturated heterocycles. The zero-order valence-corrected chi connectivity index (χ0v) is 36.2. The Morgan fingerprint density at radius 1 is 0.633 bits per heavy atom. The van der Waals surface area contributed by atoms with Crippen LogP contribution in [0.4, 0.5) is 0 Å². The number of nitrogens with zero attached hydrogens (tertiary/aromatic N) is 5. The van der Waals surface area contributed by atoms with Gasteiger partial charge in [0.2, 0.25) is 11.8 Å². The Kier molecular flexibility index (Phi) is 24.2. The molecule has 0 aliphatic carbocycles. The Morgan fingerprint density at radius 2 is 1.08 bits per heavy atom. The minimum absolute atomic E-state index is 0. The molecule has 5 N–H and O–H groups in total. The number of Topliss-reactive ketones (excluding diaryl/α,β-unsaturated/α-hetero) is 2. The number of unbranched alkanes of at least 4 members (excludes halogenated alkanes) is 6. The Labute approximate surface area is 363 Å². The number of carbonyl (C=O) groups excluding carboxylic acids is 5. The number of hydrogen-bond donors (Lipinski definition) is 3. The van der Waals surface area contributed by atoms with Crippen LogP contribution in [0.3, 0.4) is 0 Å². The van der Waals surface area contributed by atoms with Gasteiger partial charge in [-0.3, -0.25) is 19.2 Å². The van der Waals surface area contributed by atoms with Crippen molar-refractivity contribution in [1.29, 1.82) is 0 Å². The molecule has 2 aliphatic heterocycles. The monoisotopic (exact) mass is 863 g/mol. The van der Waals surface area contributed by atoms with Crippen molar-refractivity contribution in [2.45, 2.75) is 77.0 Å². The van der Waals surface area contributed by atoms with Crippen molar-refractivity contribution in [2.24, 2.45) is 11.5 Å². The fraction of sp³-hybridized carbons (Fsp3) is 0.548. The second-order valence-corrected chi connectivity index (χ2v) is 16.5. The molecular weight excluding hydrogens is 803 g/mol. The zero-order valence-electron chi connectivity index (χ0n) is 34.6. The first-order valence-electron chi connectivity index (χ1n) is 20.7. The van der Waals surface area contributed by atoms with Gasteiger partial charge in [0.05, 0.1) is 9.75 Å².